The van der Waals surface area contributed by atoms with E-state index in [0.29, 0.717) is 0 Å². The maximum absolute atomic E-state index is 4.52. The molecule has 3 rings (SSSR count). The highest BCUT2D eigenvalue weighted by atomic mass is 14.9. The molecule has 1 aliphatic carbocycles. The fourth-order valence-electron chi connectivity index (χ4n) is 2.36. The van der Waals surface area contributed by atoms with Gasteiger partial charge in [0.1, 0.15) is 0 Å². The predicted octanol–water partition coefficient (Wildman–Crippen LogP) is 2.87. The Hall–Kier alpha value is -1.93. The quantitative estimate of drug-likeness (QED) is 0.802. The van der Waals surface area contributed by atoms with Crippen molar-refractivity contribution in [2.75, 3.05) is 7.05 Å². The van der Waals surface area contributed by atoms with Crippen molar-refractivity contribution in [3.63, 3.8) is 0 Å². The van der Waals surface area contributed by atoms with Crippen LogP contribution in [-0.2, 0) is 0 Å². The van der Waals surface area contributed by atoms with Gasteiger partial charge < -0.3 is 5.32 Å². The lowest BCUT2D eigenvalue weighted by Crippen LogP contribution is -2.20. The number of hydrogen-bond acceptors (Lipinski definition) is 2. The minimum absolute atomic E-state index is 0.164. The van der Waals surface area contributed by atoms with Crippen molar-refractivity contribution in [2.24, 2.45) is 0 Å². The van der Waals surface area contributed by atoms with Gasteiger partial charge in [-0.1, -0.05) is 42.5 Å². The second-order valence-electron chi connectivity index (χ2n) is 4.16. The lowest BCUT2D eigenvalue weighted by atomic mass is 9.98. The van der Waals surface area contributed by atoms with Crippen LogP contribution in [-0.4, -0.2) is 12.0 Å². The van der Waals surface area contributed by atoms with E-state index in [1.165, 1.54) is 16.7 Å². The standard InChI is InChI=1S/C15H14N2/c1-16-15-13-7-3-2-5-11(13)8-9-12-6-4-10-17-14(12)15/h2-10,15-16H,1H3. The third-order valence-electron chi connectivity index (χ3n) is 3.18. The van der Waals surface area contributed by atoms with Crippen molar-refractivity contribution in [1.29, 1.82) is 0 Å². The van der Waals surface area contributed by atoms with Crippen molar-refractivity contribution in [2.45, 2.75) is 6.04 Å². The van der Waals surface area contributed by atoms with Crippen molar-refractivity contribution < 1.29 is 0 Å². The molecule has 0 saturated carbocycles. The van der Waals surface area contributed by atoms with E-state index in [4.69, 9.17) is 0 Å². The van der Waals surface area contributed by atoms with E-state index in [1.54, 1.807) is 0 Å². The van der Waals surface area contributed by atoms with Gasteiger partial charge in [0.25, 0.3) is 0 Å². The molecule has 1 atom stereocenters. The molecule has 17 heavy (non-hydrogen) atoms. The minimum Gasteiger partial charge on any atom is -0.308 e. The molecule has 0 saturated heterocycles. The lowest BCUT2D eigenvalue weighted by molar-refractivity contribution is 0.670. The number of hydrogen-bond donors (Lipinski definition) is 1. The SMILES string of the molecule is CNC1c2ccccc2C=Cc2cccnc21. The predicted molar refractivity (Wildman–Crippen MR) is 70.5 cm³/mol. The van der Waals surface area contributed by atoms with Crippen LogP contribution in [0.2, 0.25) is 0 Å². The van der Waals surface area contributed by atoms with Gasteiger partial charge in [-0.2, -0.15) is 0 Å². The molecule has 1 aliphatic rings. The maximum atomic E-state index is 4.52. The topological polar surface area (TPSA) is 24.9 Å². The van der Waals surface area contributed by atoms with Gasteiger partial charge in [-0.05, 0) is 29.8 Å². The van der Waals surface area contributed by atoms with Crippen LogP contribution in [0.3, 0.4) is 0 Å². The maximum Gasteiger partial charge on any atom is 0.0760 e. The molecule has 0 amide bonds. The molecule has 0 spiro atoms. The number of aromatic nitrogens is 1. The van der Waals surface area contributed by atoms with Crippen molar-refractivity contribution in [3.05, 3.63) is 65.0 Å². The molecule has 0 fully saturated rings. The Morgan fingerprint density at radius 1 is 1.00 bits per heavy atom. The molecule has 2 nitrogen and oxygen atoms in total. The first-order chi connectivity index (χ1) is 8.40. The number of rotatable bonds is 1. The van der Waals surface area contributed by atoms with E-state index >= 15 is 0 Å². The van der Waals surface area contributed by atoms with E-state index in [9.17, 15) is 0 Å². The highest BCUT2D eigenvalue weighted by Gasteiger charge is 2.20. The first kappa shape index (κ1) is 10.2. The molecular weight excluding hydrogens is 208 g/mol. The highest BCUT2D eigenvalue weighted by molar-refractivity contribution is 5.75. The zero-order chi connectivity index (χ0) is 11.7. The summed E-state index contributed by atoms with van der Waals surface area (Å²) in [4.78, 5) is 4.52. The van der Waals surface area contributed by atoms with Crippen LogP contribution in [0.15, 0.2) is 42.6 Å². The van der Waals surface area contributed by atoms with Gasteiger partial charge >= 0.3 is 0 Å². The number of nitrogens with zero attached hydrogens (tertiary/aromatic N) is 1. The number of benzene rings is 1. The van der Waals surface area contributed by atoms with E-state index in [0.717, 1.165) is 5.69 Å². The second-order valence-corrected chi connectivity index (χ2v) is 4.16. The molecule has 0 aliphatic heterocycles. The first-order valence-corrected chi connectivity index (χ1v) is 5.79. The molecule has 1 aromatic carbocycles. The van der Waals surface area contributed by atoms with Gasteiger partial charge in [0.2, 0.25) is 0 Å². The summed E-state index contributed by atoms with van der Waals surface area (Å²) in [5.41, 5.74) is 4.81. The summed E-state index contributed by atoms with van der Waals surface area (Å²) in [6.45, 7) is 0. The molecule has 1 N–H and O–H groups in total. The summed E-state index contributed by atoms with van der Waals surface area (Å²) >= 11 is 0. The van der Waals surface area contributed by atoms with Gasteiger partial charge in [-0.25, -0.2) is 0 Å². The largest absolute Gasteiger partial charge is 0.308 e. The molecule has 1 unspecified atom stereocenters. The van der Waals surface area contributed by atoms with Gasteiger partial charge in [0.15, 0.2) is 0 Å². The van der Waals surface area contributed by atoms with Crippen LogP contribution in [0.25, 0.3) is 12.2 Å². The Morgan fingerprint density at radius 2 is 1.76 bits per heavy atom. The third kappa shape index (κ3) is 1.67. The van der Waals surface area contributed by atoms with Gasteiger partial charge in [-0.15, -0.1) is 0 Å². The number of pyridine rings is 1. The van der Waals surface area contributed by atoms with Crippen LogP contribution in [0.5, 0.6) is 0 Å². The van der Waals surface area contributed by atoms with Crippen LogP contribution in [0, 0.1) is 0 Å². The summed E-state index contributed by atoms with van der Waals surface area (Å²) < 4.78 is 0. The zero-order valence-electron chi connectivity index (χ0n) is 9.72. The summed E-state index contributed by atoms with van der Waals surface area (Å²) in [6, 6.07) is 12.7. The molecule has 1 aromatic heterocycles. The summed E-state index contributed by atoms with van der Waals surface area (Å²) in [5.74, 6) is 0. The van der Waals surface area contributed by atoms with E-state index in [2.05, 4.69) is 52.8 Å². The fourth-order valence-corrected chi connectivity index (χ4v) is 2.36. The Labute approximate surface area is 101 Å². The molecule has 0 bridgehead atoms. The second kappa shape index (κ2) is 4.15. The minimum atomic E-state index is 0.164. The Bertz CT molecular complexity index is 523. The van der Waals surface area contributed by atoms with Gasteiger partial charge in [-0.3, -0.25) is 4.98 Å². The van der Waals surface area contributed by atoms with E-state index < -0.39 is 0 Å². The summed E-state index contributed by atoms with van der Waals surface area (Å²) in [6.07, 6.45) is 6.15. The molecule has 2 heteroatoms. The summed E-state index contributed by atoms with van der Waals surface area (Å²) in [5, 5.41) is 3.35. The van der Waals surface area contributed by atoms with Crippen molar-refractivity contribution >= 4 is 12.2 Å². The van der Waals surface area contributed by atoms with E-state index in [-0.39, 0.29) is 6.04 Å². The number of fused-ring (bicyclic) bond motifs is 2. The summed E-state index contributed by atoms with van der Waals surface area (Å²) in [7, 11) is 1.98. The van der Waals surface area contributed by atoms with Gasteiger partial charge in [0.05, 0.1) is 11.7 Å². The molecule has 2 aromatic rings. The normalized spacial score (nSPS) is 17.1. The Balaban J connectivity index is 2.25. The fraction of sp³-hybridized carbons (Fsp3) is 0.133. The van der Waals surface area contributed by atoms with Crippen molar-refractivity contribution in [3.8, 4) is 0 Å². The monoisotopic (exact) mass is 222 g/mol. The lowest BCUT2D eigenvalue weighted by Gasteiger charge is -2.18. The van der Waals surface area contributed by atoms with Gasteiger partial charge in [0, 0.05) is 6.20 Å². The highest BCUT2D eigenvalue weighted by Crippen LogP contribution is 2.30. The average Bonchev–Trinajstić information content (AvgIpc) is 2.55. The van der Waals surface area contributed by atoms with Crippen LogP contribution < -0.4 is 5.32 Å². The number of nitrogens with one attached hydrogen (secondary N) is 1. The van der Waals surface area contributed by atoms with E-state index in [1.807, 2.05) is 19.3 Å². The molecule has 0 radical (unpaired) electrons. The first-order valence-electron chi connectivity index (χ1n) is 5.79. The van der Waals surface area contributed by atoms with Crippen LogP contribution in [0.1, 0.15) is 28.4 Å². The smallest absolute Gasteiger partial charge is 0.0760 e. The molecular formula is C15H14N2. The van der Waals surface area contributed by atoms with Crippen LogP contribution >= 0.6 is 0 Å². The third-order valence-corrected chi connectivity index (χ3v) is 3.18. The Kier molecular flexibility index (Phi) is 2.50. The Morgan fingerprint density at radius 3 is 2.65 bits per heavy atom. The molecule has 84 valence electrons. The van der Waals surface area contributed by atoms with Crippen LogP contribution in [0.4, 0.5) is 0 Å². The van der Waals surface area contributed by atoms with Crippen molar-refractivity contribution in [1.82, 2.24) is 10.3 Å². The average molecular weight is 222 g/mol. The zero-order valence-corrected chi connectivity index (χ0v) is 9.72. The molecule has 1 heterocycles.